The minimum atomic E-state index is 0.474. The SMILES string of the molecule is COCCn1cnc(-c2ccnc(Nc3cc(Nc4cc(C)nc(C)n4)ncn3)c2OC)n1. The normalized spacial score (nSPS) is 10.8. The molecule has 0 aliphatic heterocycles. The fraction of sp³-hybridized carbons (Fsp3) is 0.286. The minimum absolute atomic E-state index is 0.474. The highest BCUT2D eigenvalue weighted by molar-refractivity contribution is 5.74. The van der Waals surface area contributed by atoms with Gasteiger partial charge in [-0.3, -0.25) is 4.68 Å². The first-order chi connectivity index (χ1) is 16.1. The van der Waals surface area contributed by atoms with Crippen molar-refractivity contribution in [3.63, 3.8) is 0 Å². The average molecular weight is 448 g/mol. The zero-order valence-corrected chi connectivity index (χ0v) is 18.8. The zero-order chi connectivity index (χ0) is 23.2. The third-order valence-corrected chi connectivity index (χ3v) is 4.55. The van der Waals surface area contributed by atoms with Gasteiger partial charge in [-0.1, -0.05) is 0 Å². The Hall–Kier alpha value is -4.19. The van der Waals surface area contributed by atoms with E-state index < -0.39 is 0 Å². The van der Waals surface area contributed by atoms with Crippen molar-refractivity contribution in [2.24, 2.45) is 0 Å². The highest BCUT2D eigenvalue weighted by Gasteiger charge is 2.16. The molecule has 0 amide bonds. The number of nitrogens with zero attached hydrogens (tertiary/aromatic N) is 8. The third kappa shape index (κ3) is 5.36. The van der Waals surface area contributed by atoms with E-state index in [0.717, 1.165) is 5.69 Å². The summed E-state index contributed by atoms with van der Waals surface area (Å²) in [7, 11) is 3.21. The standard InChI is InChI=1S/C21H24N10O2/c1-13-9-18(27-14(2)26-13)28-16-10-17(24-11-23-16)29-21-19(33-4)15(5-6-22-21)20-25-12-31(30-20)7-8-32-3/h5-6,9-12H,7-8H2,1-4H3,(H2,22,23,24,26,27,28,29). The highest BCUT2D eigenvalue weighted by atomic mass is 16.5. The van der Waals surface area contributed by atoms with Crippen molar-refractivity contribution in [2.45, 2.75) is 20.4 Å². The number of pyridine rings is 1. The van der Waals surface area contributed by atoms with Crippen molar-refractivity contribution in [3.05, 3.63) is 48.6 Å². The molecule has 0 saturated carbocycles. The second-order valence-corrected chi connectivity index (χ2v) is 7.04. The Morgan fingerprint density at radius 2 is 1.76 bits per heavy atom. The number of rotatable bonds is 9. The van der Waals surface area contributed by atoms with Crippen molar-refractivity contribution in [3.8, 4) is 17.1 Å². The first kappa shape index (κ1) is 22.0. The lowest BCUT2D eigenvalue weighted by molar-refractivity contribution is 0.183. The summed E-state index contributed by atoms with van der Waals surface area (Å²) in [6, 6.07) is 5.39. The van der Waals surface area contributed by atoms with Crippen LogP contribution in [0.3, 0.4) is 0 Å². The molecule has 4 aromatic rings. The summed E-state index contributed by atoms with van der Waals surface area (Å²) in [4.78, 5) is 26.0. The van der Waals surface area contributed by atoms with Crippen LogP contribution in [-0.4, -0.2) is 60.5 Å². The monoisotopic (exact) mass is 448 g/mol. The summed E-state index contributed by atoms with van der Waals surface area (Å²) < 4.78 is 12.4. The van der Waals surface area contributed by atoms with Crippen LogP contribution in [0, 0.1) is 13.8 Å². The van der Waals surface area contributed by atoms with E-state index in [-0.39, 0.29) is 0 Å². The molecule has 0 unspecified atom stereocenters. The predicted octanol–water partition coefficient (Wildman–Crippen LogP) is 2.68. The summed E-state index contributed by atoms with van der Waals surface area (Å²) in [5.41, 5.74) is 1.56. The maximum absolute atomic E-state index is 5.63. The van der Waals surface area contributed by atoms with Crippen LogP contribution in [0.2, 0.25) is 0 Å². The van der Waals surface area contributed by atoms with Crippen LogP contribution >= 0.6 is 0 Å². The molecule has 0 fully saturated rings. The Morgan fingerprint density at radius 1 is 0.939 bits per heavy atom. The predicted molar refractivity (Wildman–Crippen MR) is 122 cm³/mol. The second kappa shape index (κ2) is 9.96. The molecule has 4 aromatic heterocycles. The first-order valence-corrected chi connectivity index (χ1v) is 10.2. The third-order valence-electron chi connectivity index (χ3n) is 4.55. The summed E-state index contributed by atoms with van der Waals surface area (Å²) >= 11 is 0. The zero-order valence-electron chi connectivity index (χ0n) is 18.8. The number of nitrogens with one attached hydrogen (secondary N) is 2. The maximum Gasteiger partial charge on any atom is 0.185 e. The van der Waals surface area contributed by atoms with E-state index in [4.69, 9.17) is 9.47 Å². The molecule has 0 aliphatic rings. The molecule has 12 nitrogen and oxygen atoms in total. The van der Waals surface area contributed by atoms with Crippen molar-refractivity contribution in [1.82, 2.24) is 39.7 Å². The summed E-state index contributed by atoms with van der Waals surface area (Å²) in [6.07, 6.45) is 4.75. The van der Waals surface area contributed by atoms with Crippen LogP contribution in [0.1, 0.15) is 11.5 Å². The molecule has 4 heterocycles. The molecule has 170 valence electrons. The molecule has 33 heavy (non-hydrogen) atoms. The topological polar surface area (TPSA) is 138 Å². The van der Waals surface area contributed by atoms with Crippen LogP contribution in [0.15, 0.2) is 37.1 Å². The van der Waals surface area contributed by atoms with E-state index in [9.17, 15) is 0 Å². The van der Waals surface area contributed by atoms with Gasteiger partial charge in [0.05, 0.1) is 25.8 Å². The van der Waals surface area contributed by atoms with Crippen molar-refractivity contribution >= 4 is 23.3 Å². The van der Waals surface area contributed by atoms with E-state index in [1.54, 1.807) is 43.6 Å². The van der Waals surface area contributed by atoms with Gasteiger partial charge in [0.2, 0.25) is 0 Å². The van der Waals surface area contributed by atoms with Crippen molar-refractivity contribution in [1.29, 1.82) is 0 Å². The van der Waals surface area contributed by atoms with Crippen LogP contribution in [-0.2, 0) is 11.3 Å². The Labute approximate surface area is 190 Å². The summed E-state index contributed by atoms with van der Waals surface area (Å²) in [6.45, 7) is 4.89. The van der Waals surface area contributed by atoms with E-state index in [1.165, 1.54) is 6.33 Å². The molecule has 12 heteroatoms. The number of hydrogen-bond acceptors (Lipinski definition) is 11. The van der Waals surface area contributed by atoms with Crippen molar-refractivity contribution in [2.75, 3.05) is 31.5 Å². The smallest absolute Gasteiger partial charge is 0.185 e. The summed E-state index contributed by atoms with van der Waals surface area (Å²) in [5.74, 6) is 3.91. The molecule has 0 aliphatic carbocycles. The van der Waals surface area contributed by atoms with E-state index in [1.807, 2.05) is 19.9 Å². The van der Waals surface area contributed by atoms with Gasteiger partial charge in [0, 0.05) is 31.1 Å². The van der Waals surface area contributed by atoms with Gasteiger partial charge in [0.15, 0.2) is 17.4 Å². The van der Waals surface area contributed by atoms with Crippen LogP contribution < -0.4 is 15.4 Å². The van der Waals surface area contributed by atoms with Gasteiger partial charge < -0.3 is 20.1 Å². The fourth-order valence-electron chi connectivity index (χ4n) is 3.16. The van der Waals surface area contributed by atoms with E-state index in [2.05, 4.69) is 45.6 Å². The van der Waals surface area contributed by atoms with Gasteiger partial charge in [0.1, 0.15) is 35.9 Å². The van der Waals surface area contributed by atoms with Gasteiger partial charge in [0.25, 0.3) is 0 Å². The lowest BCUT2D eigenvalue weighted by Crippen LogP contribution is -2.05. The van der Waals surface area contributed by atoms with Gasteiger partial charge in [-0.25, -0.2) is 29.9 Å². The number of aryl methyl sites for hydroxylation is 2. The van der Waals surface area contributed by atoms with Crippen LogP contribution in [0.5, 0.6) is 5.75 Å². The van der Waals surface area contributed by atoms with Gasteiger partial charge in [-0.15, -0.1) is 0 Å². The van der Waals surface area contributed by atoms with E-state index >= 15 is 0 Å². The Balaban J connectivity index is 1.57. The Bertz CT molecular complexity index is 1220. The van der Waals surface area contributed by atoms with Crippen LogP contribution in [0.4, 0.5) is 23.3 Å². The van der Waals surface area contributed by atoms with Gasteiger partial charge in [-0.2, -0.15) is 5.10 Å². The van der Waals surface area contributed by atoms with Gasteiger partial charge >= 0.3 is 0 Å². The second-order valence-electron chi connectivity index (χ2n) is 7.04. The van der Waals surface area contributed by atoms with Gasteiger partial charge in [-0.05, 0) is 19.9 Å². The molecular formula is C21H24N10O2. The largest absolute Gasteiger partial charge is 0.492 e. The maximum atomic E-state index is 5.63. The minimum Gasteiger partial charge on any atom is -0.492 e. The molecule has 0 atom stereocenters. The quantitative estimate of drug-likeness (QED) is 0.391. The Morgan fingerprint density at radius 3 is 2.52 bits per heavy atom. The van der Waals surface area contributed by atoms with Crippen molar-refractivity contribution < 1.29 is 9.47 Å². The lowest BCUT2D eigenvalue weighted by atomic mass is 10.2. The molecule has 4 rings (SSSR count). The molecule has 0 radical (unpaired) electrons. The number of anilines is 4. The molecular weight excluding hydrogens is 424 g/mol. The molecule has 0 saturated heterocycles. The Kier molecular flexibility index (Phi) is 6.64. The van der Waals surface area contributed by atoms with Crippen LogP contribution in [0.25, 0.3) is 11.4 Å². The first-order valence-electron chi connectivity index (χ1n) is 10.2. The molecule has 0 bridgehead atoms. The number of aromatic nitrogens is 8. The number of methoxy groups -OCH3 is 2. The molecule has 0 spiro atoms. The molecule has 0 aromatic carbocycles. The average Bonchev–Trinajstić information content (AvgIpc) is 3.26. The highest BCUT2D eigenvalue weighted by Crippen LogP contribution is 2.34. The molecule has 2 N–H and O–H groups in total. The van der Waals surface area contributed by atoms with E-state index in [0.29, 0.717) is 59.4 Å². The lowest BCUT2D eigenvalue weighted by Gasteiger charge is -2.13. The summed E-state index contributed by atoms with van der Waals surface area (Å²) in [5, 5.41) is 10.8. The number of hydrogen-bond donors (Lipinski definition) is 2. The number of ether oxygens (including phenoxy) is 2. The fourth-order valence-corrected chi connectivity index (χ4v) is 3.16.